The van der Waals surface area contributed by atoms with E-state index in [2.05, 4.69) is 4.90 Å². The van der Waals surface area contributed by atoms with Crippen molar-refractivity contribution in [3.05, 3.63) is 125 Å². The summed E-state index contributed by atoms with van der Waals surface area (Å²) in [6.45, 7) is 4.47. The smallest absolute Gasteiger partial charge is 0.347 e. The molecule has 0 amide bonds. The molecule has 0 aliphatic carbocycles. The van der Waals surface area contributed by atoms with Crippen LogP contribution >= 0.6 is 11.6 Å². The summed E-state index contributed by atoms with van der Waals surface area (Å²) in [5.74, 6) is -1.01. The third-order valence-electron chi connectivity index (χ3n) is 6.87. The molecule has 0 saturated carbocycles. The Balaban J connectivity index is 1.46. The molecular weight excluding hydrogens is 574 g/mol. The molecule has 0 saturated heterocycles. The van der Waals surface area contributed by atoms with Gasteiger partial charge < -0.3 is 14.9 Å². The van der Waals surface area contributed by atoms with Crippen molar-refractivity contribution in [1.29, 1.82) is 0 Å². The lowest BCUT2D eigenvalue weighted by Gasteiger charge is -2.25. The fourth-order valence-corrected chi connectivity index (χ4v) is 5.94. The molecule has 1 unspecified atom stereocenters. The van der Waals surface area contributed by atoms with Crippen LogP contribution in [-0.2, 0) is 27.6 Å². The third kappa shape index (κ3) is 8.20. The van der Waals surface area contributed by atoms with E-state index in [-0.39, 0.29) is 15.5 Å². The van der Waals surface area contributed by atoms with Crippen LogP contribution in [0.3, 0.4) is 0 Å². The van der Waals surface area contributed by atoms with Crippen LogP contribution in [-0.4, -0.2) is 48.2 Å². The number of benzene rings is 4. The lowest BCUT2D eigenvalue weighted by molar-refractivity contribution is -0.152. The number of aliphatic hydroxyl groups excluding tert-OH is 1. The number of hydrogen-bond acceptors (Lipinski definition) is 6. The average molecular weight is 608 g/mol. The number of halogens is 1. The summed E-state index contributed by atoms with van der Waals surface area (Å²) in [6, 6.07) is 29.8. The highest BCUT2D eigenvalue weighted by atomic mass is 35.5. The van der Waals surface area contributed by atoms with E-state index < -0.39 is 27.5 Å². The van der Waals surface area contributed by atoms with Crippen molar-refractivity contribution in [3.8, 4) is 5.75 Å². The summed E-state index contributed by atoms with van der Waals surface area (Å²) in [4.78, 5) is 13.7. The molecule has 0 aliphatic rings. The van der Waals surface area contributed by atoms with E-state index in [0.29, 0.717) is 31.1 Å². The zero-order valence-corrected chi connectivity index (χ0v) is 25.1. The van der Waals surface area contributed by atoms with E-state index >= 15 is 0 Å². The number of aliphatic hydroxyl groups is 1. The molecule has 0 aliphatic heterocycles. The molecule has 7 nitrogen and oxygen atoms in total. The van der Waals surface area contributed by atoms with Crippen LogP contribution in [0.1, 0.15) is 36.6 Å². The number of rotatable bonds is 13. The van der Waals surface area contributed by atoms with Crippen molar-refractivity contribution >= 4 is 27.4 Å². The first-order chi connectivity index (χ1) is 19.9. The fourth-order valence-electron chi connectivity index (χ4n) is 4.44. The second-order valence-electron chi connectivity index (χ2n) is 10.6. The Morgan fingerprint density at radius 2 is 1.57 bits per heavy atom. The van der Waals surface area contributed by atoms with Crippen molar-refractivity contribution in [1.82, 2.24) is 4.90 Å². The van der Waals surface area contributed by atoms with E-state index in [1.165, 1.54) is 38.1 Å². The maximum atomic E-state index is 13.3. The van der Waals surface area contributed by atoms with Gasteiger partial charge in [0.2, 0.25) is 9.84 Å². The lowest BCUT2D eigenvalue weighted by Crippen LogP contribution is -2.37. The predicted molar refractivity (Wildman–Crippen MR) is 163 cm³/mol. The number of sulfone groups is 1. The topological polar surface area (TPSA) is 104 Å². The highest BCUT2D eigenvalue weighted by Crippen LogP contribution is 2.27. The molecule has 4 rings (SSSR count). The van der Waals surface area contributed by atoms with Crippen LogP contribution in [0.5, 0.6) is 5.75 Å². The van der Waals surface area contributed by atoms with Gasteiger partial charge in [0.05, 0.1) is 15.9 Å². The summed E-state index contributed by atoms with van der Waals surface area (Å²) in [5, 5.41) is 20.8. The predicted octanol–water partition coefficient (Wildman–Crippen LogP) is 6.19. The van der Waals surface area contributed by atoms with Crippen molar-refractivity contribution < 1.29 is 28.2 Å². The van der Waals surface area contributed by atoms with E-state index in [1.54, 1.807) is 36.4 Å². The fraction of sp³-hybridized carbons (Fsp3) is 0.242. The zero-order valence-electron chi connectivity index (χ0n) is 23.5. The van der Waals surface area contributed by atoms with Crippen LogP contribution in [0.2, 0.25) is 5.02 Å². The molecule has 220 valence electrons. The van der Waals surface area contributed by atoms with Gasteiger partial charge in [0.15, 0.2) is 5.60 Å². The molecule has 4 aromatic carbocycles. The number of ether oxygens (including phenoxy) is 1. The first kappa shape index (κ1) is 31.3. The largest absolute Gasteiger partial charge is 0.478 e. The summed E-state index contributed by atoms with van der Waals surface area (Å²) in [5.41, 5.74) is 1.30. The molecule has 2 N–H and O–H groups in total. The van der Waals surface area contributed by atoms with Crippen LogP contribution < -0.4 is 4.74 Å². The van der Waals surface area contributed by atoms with Crippen LogP contribution in [0.15, 0.2) is 113 Å². The van der Waals surface area contributed by atoms with Gasteiger partial charge in [-0.15, -0.1) is 0 Å². The standard InChI is InChI=1S/C33H34ClNO6S/c1-33(2,32(37)38)41-28-12-7-13-30(21-28)42(39,40)29-16-14-24(15-17-29)18-19-35(22-25-8-4-3-5-9-25)23-31(36)26-10-6-11-27(34)20-26/h3-17,20-21,31,36H,18-19,22-23H2,1-2H3,(H,37,38). The summed E-state index contributed by atoms with van der Waals surface area (Å²) in [7, 11) is -3.86. The molecule has 0 bridgehead atoms. The number of nitrogens with zero attached hydrogens (tertiary/aromatic N) is 1. The minimum atomic E-state index is -3.86. The van der Waals surface area contributed by atoms with Crippen molar-refractivity contribution in [3.63, 3.8) is 0 Å². The van der Waals surface area contributed by atoms with Crippen LogP contribution in [0, 0.1) is 0 Å². The molecule has 0 fully saturated rings. The summed E-state index contributed by atoms with van der Waals surface area (Å²) < 4.78 is 32.2. The van der Waals surface area contributed by atoms with Crippen LogP contribution in [0.4, 0.5) is 0 Å². The Hall–Kier alpha value is -3.69. The second kappa shape index (κ2) is 13.5. The van der Waals surface area contributed by atoms with Gasteiger partial charge in [0.25, 0.3) is 0 Å². The van der Waals surface area contributed by atoms with Gasteiger partial charge in [-0.25, -0.2) is 13.2 Å². The molecule has 4 aromatic rings. The second-order valence-corrected chi connectivity index (χ2v) is 13.0. The average Bonchev–Trinajstić information content (AvgIpc) is 2.96. The van der Waals surface area contributed by atoms with Crippen molar-refractivity contribution in [2.24, 2.45) is 0 Å². The van der Waals surface area contributed by atoms with E-state index in [4.69, 9.17) is 16.3 Å². The van der Waals surface area contributed by atoms with Crippen molar-refractivity contribution in [2.75, 3.05) is 13.1 Å². The van der Waals surface area contributed by atoms with Crippen molar-refractivity contribution in [2.45, 2.75) is 48.3 Å². The Morgan fingerprint density at radius 3 is 2.24 bits per heavy atom. The normalized spacial score (nSPS) is 12.7. The van der Waals surface area contributed by atoms with Gasteiger partial charge in [-0.1, -0.05) is 72.3 Å². The highest BCUT2D eigenvalue weighted by molar-refractivity contribution is 7.91. The summed E-state index contributed by atoms with van der Waals surface area (Å²) >= 11 is 6.13. The number of carboxylic acids is 1. The van der Waals surface area contributed by atoms with Gasteiger partial charge >= 0.3 is 5.97 Å². The first-order valence-corrected chi connectivity index (χ1v) is 15.4. The Kier molecular flexibility index (Phi) is 10.1. The van der Waals surface area contributed by atoms with Gasteiger partial charge in [-0.05, 0) is 79.4 Å². The number of aliphatic carboxylic acids is 1. The third-order valence-corrected chi connectivity index (χ3v) is 8.87. The molecule has 0 radical (unpaired) electrons. The number of carboxylic acid groups (broad SMARTS) is 1. The Bertz CT molecular complexity index is 1610. The molecular formula is C33H34ClNO6S. The molecule has 0 aromatic heterocycles. The minimum absolute atomic E-state index is 0.0120. The lowest BCUT2D eigenvalue weighted by atomic mass is 10.1. The van der Waals surface area contributed by atoms with E-state index in [0.717, 1.165) is 16.7 Å². The molecule has 42 heavy (non-hydrogen) atoms. The van der Waals surface area contributed by atoms with Gasteiger partial charge in [-0.3, -0.25) is 4.90 Å². The van der Waals surface area contributed by atoms with Gasteiger partial charge in [-0.2, -0.15) is 0 Å². The zero-order chi connectivity index (χ0) is 30.3. The Labute approximate surface area is 251 Å². The molecule has 0 spiro atoms. The number of carbonyl (C=O) groups is 1. The molecule has 0 heterocycles. The van der Waals surface area contributed by atoms with Crippen LogP contribution in [0.25, 0.3) is 0 Å². The maximum Gasteiger partial charge on any atom is 0.347 e. The SMILES string of the molecule is CC(C)(Oc1cccc(S(=O)(=O)c2ccc(CCN(Cc3ccccc3)CC(O)c3cccc(Cl)c3)cc2)c1)C(=O)O. The summed E-state index contributed by atoms with van der Waals surface area (Å²) in [6.07, 6.45) is -0.0796. The highest BCUT2D eigenvalue weighted by Gasteiger charge is 2.30. The first-order valence-electron chi connectivity index (χ1n) is 13.5. The quantitative estimate of drug-likeness (QED) is 0.187. The van der Waals surface area contributed by atoms with E-state index in [9.17, 15) is 23.4 Å². The number of hydrogen-bond donors (Lipinski definition) is 2. The molecule has 1 atom stereocenters. The molecule has 9 heteroatoms. The maximum absolute atomic E-state index is 13.3. The minimum Gasteiger partial charge on any atom is -0.478 e. The Morgan fingerprint density at radius 1 is 0.881 bits per heavy atom. The monoisotopic (exact) mass is 607 g/mol. The van der Waals surface area contributed by atoms with Gasteiger partial charge in [0.1, 0.15) is 5.75 Å². The van der Waals surface area contributed by atoms with E-state index in [1.807, 2.05) is 42.5 Å². The van der Waals surface area contributed by atoms with Gasteiger partial charge in [0, 0.05) is 24.7 Å².